The van der Waals surface area contributed by atoms with Crippen molar-refractivity contribution in [3.05, 3.63) is 63.9 Å². The molecule has 0 radical (unpaired) electrons. The van der Waals surface area contributed by atoms with Crippen molar-refractivity contribution in [1.29, 1.82) is 0 Å². The molecule has 0 bridgehead atoms. The number of halogens is 6. The van der Waals surface area contributed by atoms with E-state index in [1.807, 2.05) is 0 Å². The van der Waals surface area contributed by atoms with Crippen LogP contribution in [0.3, 0.4) is 0 Å². The number of Topliss-reactive ketones (excluding diaryl/α,β-unsaturated/α-hetero) is 1. The molecule has 2 heterocycles. The zero-order chi connectivity index (χ0) is 25.2. The van der Waals surface area contributed by atoms with Gasteiger partial charge in [0.05, 0.1) is 22.6 Å². The molecule has 11 heteroatoms. The summed E-state index contributed by atoms with van der Waals surface area (Å²) in [5.74, 6) is -4.72. The molecule has 1 aromatic carbocycles. The van der Waals surface area contributed by atoms with Crippen molar-refractivity contribution in [2.45, 2.75) is 25.9 Å². The third-order valence-electron chi connectivity index (χ3n) is 5.50. The smallest absolute Gasteiger partial charge is 0.357 e. The molecule has 0 N–H and O–H groups in total. The molecule has 1 atom stereocenters. The lowest BCUT2D eigenvalue weighted by atomic mass is 9.95. The minimum atomic E-state index is -4.64. The highest BCUT2D eigenvalue weighted by atomic mass is 19.4. The number of ketones is 1. The summed E-state index contributed by atoms with van der Waals surface area (Å²) in [5, 5.41) is -0.160. The van der Waals surface area contributed by atoms with Gasteiger partial charge in [0.2, 0.25) is 5.43 Å². The molecule has 0 fully saturated rings. The number of aromatic nitrogens is 2. The molecule has 1 unspecified atom stereocenters. The summed E-state index contributed by atoms with van der Waals surface area (Å²) in [5.41, 5.74) is -1.85. The van der Waals surface area contributed by atoms with Crippen molar-refractivity contribution < 1.29 is 31.1 Å². The van der Waals surface area contributed by atoms with Crippen LogP contribution in [0, 0.1) is 17.6 Å². The Morgan fingerprint density at radius 2 is 1.88 bits per heavy atom. The quantitative estimate of drug-likeness (QED) is 0.324. The molecule has 3 aromatic rings. The molecule has 0 spiro atoms. The van der Waals surface area contributed by atoms with Gasteiger partial charge in [0.15, 0.2) is 11.4 Å². The molecular formula is C23H21F6N3O2. The molecule has 0 saturated carbocycles. The van der Waals surface area contributed by atoms with Crippen LogP contribution in [0.4, 0.5) is 32.2 Å². The summed E-state index contributed by atoms with van der Waals surface area (Å²) in [6.45, 7) is 0.554. The van der Waals surface area contributed by atoms with Crippen LogP contribution in [0.5, 0.6) is 0 Å². The predicted molar refractivity (Wildman–Crippen MR) is 115 cm³/mol. The van der Waals surface area contributed by atoms with Crippen molar-refractivity contribution in [3.8, 4) is 5.69 Å². The van der Waals surface area contributed by atoms with Crippen LogP contribution in [0.2, 0.25) is 0 Å². The minimum absolute atomic E-state index is 0.0277. The van der Waals surface area contributed by atoms with E-state index in [9.17, 15) is 35.9 Å². The lowest BCUT2D eigenvalue weighted by molar-refractivity contribution is -0.174. The second-order valence-electron chi connectivity index (χ2n) is 7.76. The summed E-state index contributed by atoms with van der Waals surface area (Å²) in [6.07, 6.45) is -5.05. The van der Waals surface area contributed by atoms with Gasteiger partial charge >= 0.3 is 6.18 Å². The van der Waals surface area contributed by atoms with E-state index >= 15 is 0 Å². The first kappa shape index (κ1) is 25.3. The number of alkyl halides is 4. The van der Waals surface area contributed by atoms with Crippen molar-refractivity contribution in [2.75, 3.05) is 25.2 Å². The maximum absolute atomic E-state index is 14.6. The number of pyridine rings is 2. The molecule has 3 rings (SSSR count). The molecule has 0 aliphatic rings. The number of hydrogen-bond acceptors (Lipinski definition) is 4. The maximum Gasteiger partial charge on any atom is 0.392 e. The Kier molecular flexibility index (Phi) is 7.32. The second kappa shape index (κ2) is 9.86. The third-order valence-corrected chi connectivity index (χ3v) is 5.50. The third kappa shape index (κ3) is 5.07. The minimum Gasteiger partial charge on any atom is -0.357 e. The topological polar surface area (TPSA) is 55.2 Å². The summed E-state index contributed by atoms with van der Waals surface area (Å²) < 4.78 is 81.5. The Balaban J connectivity index is 2.26. The molecule has 2 aromatic heterocycles. The van der Waals surface area contributed by atoms with E-state index in [1.54, 1.807) is 0 Å². The predicted octanol–water partition coefficient (Wildman–Crippen LogP) is 5.23. The summed E-state index contributed by atoms with van der Waals surface area (Å²) in [6, 6.07) is 5.23. The van der Waals surface area contributed by atoms with Crippen LogP contribution in [-0.2, 0) is 0 Å². The number of hydrogen-bond donors (Lipinski definition) is 0. The highest BCUT2D eigenvalue weighted by Gasteiger charge is 2.39. The molecule has 5 nitrogen and oxygen atoms in total. The Morgan fingerprint density at radius 1 is 1.18 bits per heavy atom. The highest BCUT2D eigenvalue weighted by molar-refractivity contribution is 5.99. The lowest BCUT2D eigenvalue weighted by Gasteiger charge is -2.20. The van der Waals surface area contributed by atoms with Crippen LogP contribution in [0.1, 0.15) is 30.1 Å². The van der Waals surface area contributed by atoms with Gasteiger partial charge in [-0.3, -0.25) is 14.2 Å². The monoisotopic (exact) mass is 485 g/mol. The van der Waals surface area contributed by atoms with E-state index in [0.29, 0.717) is 6.07 Å². The number of fused-ring (bicyclic) bond motifs is 1. The van der Waals surface area contributed by atoms with Gasteiger partial charge in [-0.15, -0.1) is 0 Å². The van der Waals surface area contributed by atoms with Crippen molar-refractivity contribution in [1.82, 2.24) is 9.55 Å². The molecule has 0 aliphatic carbocycles. The molecule has 182 valence electrons. The van der Waals surface area contributed by atoms with Crippen LogP contribution in [0.25, 0.3) is 16.7 Å². The van der Waals surface area contributed by atoms with Crippen LogP contribution >= 0.6 is 0 Å². The summed E-state index contributed by atoms with van der Waals surface area (Å²) >= 11 is 0. The van der Waals surface area contributed by atoms with Crippen LogP contribution < -0.4 is 10.3 Å². The first-order valence-electron chi connectivity index (χ1n) is 10.4. The zero-order valence-corrected chi connectivity index (χ0v) is 18.3. The van der Waals surface area contributed by atoms with Crippen LogP contribution in [-0.4, -0.2) is 41.8 Å². The average Bonchev–Trinajstić information content (AvgIpc) is 2.77. The zero-order valence-electron chi connectivity index (χ0n) is 18.3. The molecule has 0 saturated heterocycles. The standard InChI is InChI=1S/C23H21F6N3O2/c1-3-13(23(27,28)29)10-19(33)16-12-32(18-6-4-14(25)11-17(18)26)22-15(21(16)34)5-7-20(30-22)31(2)9-8-24/h4-7,11-13H,3,8-10H2,1-2H3. The van der Waals surface area contributed by atoms with Crippen LogP contribution in [0.15, 0.2) is 41.3 Å². The van der Waals surface area contributed by atoms with Crippen molar-refractivity contribution in [3.63, 3.8) is 0 Å². The van der Waals surface area contributed by atoms with Gasteiger partial charge in [-0.25, -0.2) is 18.2 Å². The van der Waals surface area contributed by atoms with Gasteiger partial charge in [0, 0.05) is 32.3 Å². The molecule has 34 heavy (non-hydrogen) atoms. The first-order chi connectivity index (χ1) is 16.0. The Bertz CT molecular complexity index is 1270. The number of nitrogens with zero attached hydrogens (tertiary/aromatic N) is 3. The van der Waals surface area contributed by atoms with Crippen molar-refractivity contribution in [2.24, 2.45) is 5.92 Å². The highest BCUT2D eigenvalue weighted by Crippen LogP contribution is 2.32. The Labute approximate surface area is 190 Å². The number of carbonyl (C=O) groups is 1. The van der Waals surface area contributed by atoms with Gasteiger partial charge in [0.1, 0.15) is 24.1 Å². The fourth-order valence-corrected chi connectivity index (χ4v) is 3.53. The average molecular weight is 485 g/mol. The molecular weight excluding hydrogens is 464 g/mol. The number of benzene rings is 1. The number of rotatable bonds is 8. The van der Waals surface area contributed by atoms with Gasteiger partial charge < -0.3 is 4.90 Å². The van der Waals surface area contributed by atoms with E-state index < -0.39 is 53.6 Å². The first-order valence-corrected chi connectivity index (χ1v) is 10.4. The molecule has 0 amide bonds. The fourth-order valence-electron chi connectivity index (χ4n) is 3.53. The largest absolute Gasteiger partial charge is 0.392 e. The summed E-state index contributed by atoms with van der Waals surface area (Å²) in [4.78, 5) is 31.5. The summed E-state index contributed by atoms with van der Waals surface area (Å²) in [7, 11) is 1.54. The van der Waals surface area contributed by atoms with Gasteiger partial charge in [-0.1, -0.05) is 6.92 Å². The van der Waals surface area contributed by atoms with E-state index in [4.69, 9.17) is 0 Å². The second-order valence-corrected chi connectivity index (χ2v) is 7.76. The van der Waals surface area contributed by atoms with E-state index in [-0.39, 0.29) is 35.5 Å². The molecule has 0 aliphatic heterocycles. The lowest BCUT2D eigenvalue weighted by Crippen LogP contribution is -2.28. The Morgan fingerprint density at radius 3 is 2.47 bits per heavy atom. The fraction of sp³-hybridized carbons (Fsp3) is 0.348. The Hall–Kier alpha value is -3.37. The van der Waals surface area contributed by atoms with Crippen molar-refractivity contribution >= 4 is 22.6 Å². The van der Waals surface area contributed by atoms with E-state index in [2.05, 4.69) is 4.98 Å². The number of carbonyl (C=O) groups excluding carboxylic acids is 1. The SMILES string of the molecule is CCC(CC(=O)c1cn(-c2ccc(F)cc2F)c2nc(N(C)CCF)ccc2c1=O)C(F)(F)F. The van der Waals surface area contributed by atoms with Gasteiger partial charge in [-0.2, -0.15) is 13.2 Å². The van der Waals surface area contributed by atoms with Gasteiger partial charge in [-0.05, 0) is 30.7 Å². The van der Waals surface area contributed by atoms with E-state index in [1.165, 1.54) is 31.0 Å². The maximum atomic E-state index is 14.6. The van der Waals surface area contributed by atoms with E-state index in [0.717, 1.165) is 22.9 Å². The normalized spacial score (nSPS) is 12.7. The number of anilines is 1. The van der Waals surface area contributed by atoms with Gasteiger partial charge in [0.25, 0.3) is 0 Å².